The number of anilines is 1. The van der Waals surface area contributed by atoms with E-state index < -0.39 is 0 Å². The SMILES string of the molecule is Cc1c(Cl)cccc1NC(=O)CSc1ccc(-c2ccc(-c3ccccc3)cc2)nn1. The second-order valence-corrected chi connectivity index (χ2v) is 8.35. The van der Waals surface area contributed by atoms with Crippen LogP contribution in [0, 0.1) is 6.92 Å². The highest BCUT2D eigenvalue weighted by atomic mass is 35.5. The smallest absolute Gasteiger partial charge is 0.234 e. The van der Waals surface area contributed by atoms with Crippen molar-refractivity contribution in [2.24, 2.45) is 0 Å². The molecule has 0 aliphatic heterocycles. The van der Waals surface area contributed by atoms with Gasteiger partial charge in [-0.2, -0.15) is 0 Å². The summed E-state index contributed by atoms with van der Waals surface area (Å²) in [5.74, 6) is 0.129. The molecule has 0 radical (unpaired) electrons. The van der Waals surface area contributed by atoms with E-state index in [1.807, 2.05) is 61.5 Å². The predicted molar refractivity (Wildman–Crippen MR) is 128 cm³/mol. The minimum absolute atomic E-state index is 0.113. The quantitative estimate of drug-likeness (QED) is 0.344. The maximum atomic E-state index is 12.3. The largest absolute Gasteiger partial charge is 0.325 e. The zero-order chi connectivity index (χ0) is 21.6. The van der Waals surface area contributed by atoms with Gasteiger partial charge in [0, 0.05) is 16.3 Å². The Morgan fingerprint density at radius 2 is 1.55 bits per heavy atom. The van der Waals surface area contributed by atoms with Crippen LogP contribution in [0.4, 0.5) is 5.69 Å². The van der Waals surface area contributed by atoms with Crippen molar-refractivity contribution >= 4 is 35.0 Å². The summed E-state index contributed by atoms with van der Waals surface area (Å²) in [4.78, 5) is 12.3. The van der Waals surface area contributed by atoms with Gasteiger partial charge in [0.1, 0.15) is 5.03 Å². The van der Waals surface area contributed by atoms with E-state index in [1.165, 1.54) is 17.3 Å². The van der Waals surface area contributed by atoms with E-state index in [1.54, 1.807) is 6.07 Å². The zero-order valence-corrected chi connectivity index (χ0v) is 18.5. The first-order valence-electron chi connectivity index (χ1n) is 9.77. The van der Waals surface area contributed by atoms with Gasteiger partial charge in [0.05, 0.1) is 11.4 Å². The first-order valence-corrected chi connectivity index (χ1v) is 11.1. The van der Waals surface area contributed by atoms with Crippen molar-refractivity contribution in [3.63, 3.8) is 0 Å². The van der Waals surface area contributed by atoms with Crippen LogP contribution in [0.3, 0.4) is 0 Å². The molecule has 3 aromatic carbocycles. The fraction of sp³-hybridized carbons (Fsp3) is 0.0800. The van der Waals surface area contributed by atoms with E-state index in [9.17, 15) is 4.79 Å². The normalized spacial score (nSPS) is 10.6. The number of nitrogens with one attached hydrogen (secondary N) is 1. The van der Waals surface area contributed by atoms with Crippen LogP contribution in [0.25, 0.3) is 22.4 Å². The second kappa shape index (κ2) is 9.77. The molecule has 4 rings (SSSR count). The molecule has 0 spiro atoms. The van der Waals surface area contributed by atoms with Crippen LogP contribution in [0.5, 0.6) is 0 Å². The van der Waals surface area contributed by atoms with Gasteiger partial charge in [0.25, 0.3) is 0 Å². The van der Waals surface area contributed by atoms with E-state index in [0.717, 1.165) is 28.1 Å². The van der Waals surface area contributed by atoms with Crippen molar-refractivity contribution in [2.45, 2.75) is 11.9 Å². The molecule has 0 fully saturated rings. The molecule has 0 aliphatic rings. The molecule has 0 saturated heterocycles. The van der Waals surface area contributed by atoms with Gasteiger partial charge in [-0.1, -0.05) is 84.0 Å². The van der Waals surface area contributed by atoms with Crippen LogP contribution < -0.4 is 5.32 Å². The number of benzene rings is 3. The molecule has 4 aromatic rings. The monoisotopic (exact) mass is 445 g/mol. The zero-order valence-electron chi connectivity index (χ0n) is 16.9. The van der Waals surface area contributed by atoms with E-state index in [4.69, 9.17) is 11.6 Å². The van der Waals surface area contributed by atoms with Crippen LogP contribution in [-0.2, 0) is 4.79 Å². The fourth-order valence-corrected chi connectivity index (χ4v) is 3.87. The third-order valence-corrected chi connectivity index (χ3v) is 6.15. The number of halogens is 1. The lowest BCUT2D eigenvalue weighted by Crippen LogP contribution is -2.15. The number of hydrogen-bond donors (Lipinski definition) is 1. The minimum atomic E-state index is -0.113. The molecular weight excluding hydrogens is 426 g/mol. The summed E-state index contributed by atoms with van der Waals surface area (Å²) in [6.07, 6.45) is 0. The first-order chi connectivity index (χ1) is 15.1. The molecule has 1 aromatic heterocycles. The molecule has 1 amide bonds. The molecule has 1 N–H and O–H groups in total. The van der Waals surface area contributed by atoms with Crippen LogP contribution in [0.15, 0.2) is 90.0 Å². The van der Waals surface area contributed by atoms with Gasteiger partial charge in [-0.05, 0) is 47.9 Å². The Labute approximate surface area is 190 Å². The van der Waals surface area contributed by atoms with Crippen LogP contribution >= 0.6 is 23.4 Å². The number of rotatable bonds is 6. The lowest BCUT2D eigenvalue weighted by molar-refractivity contribution is -0.113. The molecule has 0 saturated carbocycles. The molecule has 0 atom stereocenters. The number of carbonyl (C=O) groups excluding carboxylic acids is 1. The second-order valence-electron chi connectivity index (χ2n) is 6.95. The van der Waals surface area contributed by atoms with Crippen molar-refractivity contribution in [3.8, 4) is 22.4 Å². The molecule has 154 valence electrons. The summed E-state index contributed by atoms with van der Waals surface area (Å²) in [5.41, 5.74) is 5.70. The third-order valence-electron chi connectivity index (χ3n) is 4.82. The van der Waals surface area contributed by atoms with Gasteiger partial charge in [-0.15, -0.1) is 10.2 Å². The van der Waals surface area contributed by atoms with Crippen LogP contribution in [0.2, 0.25) is 5.02 Å². The average Bonchev–Trinajstić information content (AvgIpc) is 2.82. The molecule has 1 heterocycles. The summed E-state index contributed by atoms with van der Waals surface area (Å²) >= 11 is 7.44. The molecule has 0 aliphatic carbocycles. The standard InChI is InChI=1S/C25H20ClN3OS/c1-17-21(26)8-5-9-22(17)27-24(30)16-31-25-15-14-23(28-29-25)20-12-10-19(11-13-20)18-6-3-2-4-7-18/h2-15H,16H2,1H3,(H,27,30). The lowest BCUT2D eigenvalue weighted by atomic mass is 10.0. The molecule has 4 nitrogen and oxygen atoms in total. The molecule has 31 heavy (non-hydrogen) atoms. The summed E-state index contributed by atoms with van der Waals surface area (Å²) in [6.45, 7) is 1.88. The summed E-state index contributed by atoms with van der Waals surface area (Å²) in [6, 6.07) is 27.7. The maximum Gasteiger partial charge on any atom is 0.234 e. The van der Waals surface area contributed by atoms with Gasteiger partial charge in [0.15, 0.2) is 0 Å². The number of thioether (sulfide) groups is 1. The van der Waals surface area contributed by atoms with E-state index in [-0.39, 0.29) is 11.7 Å². The van der Waals surface area contributed by atoms with Gasteiger partial charge < -0.3 is 5.32 Å². The van der Waals surface area contributed by atoms with Gasteiger partial charge >= 0.3 is 0 Å². The number of hydrogen-bond acceptors (Lipinski definition) is 4. The lowest BCUT2D eigenvalue weighted by Gasteiger charge is -2.09. The topological polar surface area (TPSA) is 54.9 Å². The molecule has 0 bridgehead atoms. The van der Waals surface area contributed by atoms with Crippen LogP contribution in [-0.4, -0.2) is 21.9 Å². The van der Waals surface area contributed by atoms with Gasteiger partial charge in [0.2, 0.25) is 5.91 Å². The number of amides is 1. The molecule has 0 unspecified atom stereocenters. The Bertz CT molecular complexity index is 1180. The Hall–Kier alpha value is -3.15. The number of aromatic nitrogens is 2. The summed E-state index contributed by atoms with van der Waals surface area (Å²) < 4.78 is 0. The van der Waals surface area contributed by atoms with Crippen LogP contribution in [0.1, 0.15) is 5.56 Å². The number of carbonyl (C=O) groups is 1. The average molecular weight is 446 g/mol. The van der Waals surface area contributed by atoms with Gasteiger partial charge in [-0.3, -0.25) is 4.79 Å². The third kappa shape index (κ3) is 5.32. The van der Waals surface area contributed by atoms with Crippen molar-refractivity contribution in [3.05, 3.63) is 95.5 Å². The highest BCUT2D eigenvalue weighted by Crippen LogP contribution is 2.25. The van der Waals surface area contributed by atoms with Crippen molar-refractivity contribution in [1.29, 1.82) is 0 Å². The highest BCUT2D eigenvalue weighted by Gasteiger charge is 2.09. The first kappa shape index (κ1) is 21.1. The van der Waals surface area contributed by atoms with E-state index >= 15 is 0 Å². The fourth-order valence-electron chi connectivity index (χ4n) is 3.08. The van der Waals surface area contributed by atoms with Crippen molar-refractivity contribution in [2.75, 3.05) is 11.1 Å². The maximum absolute atomic E-state index is 12.3. The Morgan fingerprint density at radius 3 is 2.26 bits per heavy atom. The van der Waals surface area contributed by atoms with E-state index in [0.29, 0.717) is 10.0 Å². The minimum Gasteiger partial charge on any atom is -0.325 e. The Balaban J connectivity index is 1.36. The van der Waals surface area contributed by atoms with Gasteiger partial charge in [-0.25, -0.2) is 0 Å². The highest BCUT2D eigenvalue weighted by molar-refractivity contribution is 7.99. The molecular formula is C25H20ClN3OS. The van der Waals surface area contributed by atoms with Crippen molar-refractivity contribution < 1.29 is 4.79 Å². The predicted octanol–water partition coefficient (Wildman–Crippen LogP) is 6.50. The summed E-state index contributed by atoms with van der Waals surface area (Å²) in [7, 11) is 0. The molecule has 6 heteroatoms. The Morgan fingerprint density at radius 1 is 0.839 bits per heavy atom. The Kier molecular flexibility index (Phi) is 6.65. The van der Waals surface area contributed by atoms with E-state index in [2.05, 4.69) is 39.8 Å². The summed E-state index contributed by atoms with van der Waals surface area (Å²) in [5, 5.41) is 12.8. The number of nitrogens with zero attached hydrogens (tertiary/aromatic N) is 2. The van der Waals surface area contributed by atoms with Crippen molar-refractivity contribution in [1.82, 2.24) is 10.2 Å².